The SMILES string of the molecule is CCCCOCCOC(C)C(=O)Nc1cccc(N)c1C. The van der Waals surface area contributed by atoms with Crippen LogP contribution in [-0.2, 0) is 14.3 Å². The summed E-state index contributed by atoms with van der Waals surface area (Å²) in [6.45, 7) is 7.37. The van der Waals surface area contributed by atoms with E-state index < -0.39 is 6.10 Å². The van der Waals surface area contributed by atoms with E-state index in [1.54, 1.807) is 13.0 Å². The van der Waals surface area contributed by atoms with Crippen LogP contribution >= 0.6 is 0 Å². The fourth-order valence-corrected chi connectivity index (χ4v) is 1.73. The summed E-state index contributed by atoms with van der Waals surface area (Å²) in [7, 11) is 0. The van der Waals surface area contributed by atoms with Crippen molar-refractivity contribution in [2.24, 2.45) is 0 Å². The van der Waals surface area contributed by atoms with Gasteiger partial charge in [0.15, 0.2) is 0 Å². The van der Waals surface area contributed by atoms with Gasteiger partial charge in [-0.15, -0.1) is 0 Å². The van der Waals surface area contributed by atoms with Crippen LogP contribution in [0.25, 0.3) is 0 Å². The highest BCUT2D eigenvalue weighted by Gasteiger charge is 2.14. The molecular formula is C16H26N2O3. The molecule has 0 radical (unpaired) electrons. The zero-order valence-electron chi connectivity index (χ0n) is 13.1. The molecule has 5 heteroatoms. The average molecular weight is 294 g/mol. The first kappa shape index (κ1) is 17.5. The Morgan fingerprint density at radius 2 is 2.10 bits per heavy atom. The van der Waals surface area contributed by atoms with E-state index in [4.69, 9.17) is 15.2 Å². The molecule has 0 bridgehead atoms. The Hall–Kier alpha value is -1.59. The van der Waals surface area contributed by atoms with Gasteiger partial charge in [-0.3, -0.25) is 4.79 Å². The number of anilines is 2. The number of hydrogen-bond acceptors (Lipinski definition) is 4. The molecule has 3 N–H and O–H groups in total. The first-order valence-electron chi connectivity index (χ1n) is 7.41. The number of carbonyl (C=O) groups excluding carboxylic acids is 1. The minimum absolute atomic E-state index is 0.183. The topological polar surface area (TPSA) is 73.6 Å². The van der Waals surface area contributed by atoms with Gasteiger partial charge in [0.1, 0.15) is 6.10 Å². The molecule has 0 heterocycles. The highest BCUT2D eigenvalue weighted by Crippen LogP contribution is 2.20. The summed E-state index contributed by atoms with van der Waals surface area (Å²) in [5.41, 5.74) is 8.05. The van der Waals surface area contributed by atoms with Crippen molar-refractivity contribution >= 4 is 17.3 Å². The van der Waals surface area contributed by atoms with Gasteiger partial charge in [0.25, 0.3) is 5.91 Å². The van der Waals surface area contributed by atoms with Crippen LogP contribution < -0.4 is 11.1 Å². The second kappa shape index (κ2) is 9.37. The van der Waals surface area contributed by atoms with E-state index in [1.807, 2.05) is 19.1 Å². The van der Waals surface area contributed by atoms with Crippen molar-refractivity contribution in [2.45, 2.75) is 39.7 Å². The molecule has 1 amide bonds. The van der Waals surface area contributed by atoms with E-state index in [9.17, 15) is 4.79 Å². The van der Waals surface area contributed by atoms with Crippen LogP contribution in [0.1, 0.15) is 32.3 Å². The van der Waals surface area contributed by atoms with Crippen molar-refractivity contribution in [2.75, 3.05) is 30.9 Å². The Morgan fingerprint density at radius 1 is 1.33 bits per heavy atom. The third-order valence-electron chi connectivity index (χ3n) is 3.24. The van der Waals surface area contributed by atoms with Gasteiger partial charge < -0.3 is 20.5 Å². The summed E-state index contributed by atoms with van der Waals surface area (Å²) in [4.78, 5) is 12.0. The largest absolute Gasteiger partial charge is 0.398 e. The maximum atomic E-state index is 12.0. The van der Waals surface area contributed by atoms with Crippen LogP contribution in [0, 0.1) is 6.92 Å². The minimum Gasteiger partial charge on any atom is -0.398 e. The highest BCUT2D eigenvalue weighted by atomic mass is 16.5. The molecule has 1 unspecified atom stereocenters. The Morgan fingerprint density at radius 3 is 2.81 bits per heavy atom. The lowest BCUT2D eigenvalue weighted by Gasteiger charge is -2.15. The lowest BCUT2D eigenvalue weighted by atomic mass is 10.1. The second-order valence-corrected chi connectivity index (χ2v) is 4.99. The van der Waals surface area contributed by atoms with E-state index in [0.29, 0.717) is 18.9 Å². The third kappa shape index (κ3) is 6.14. The molecule has 0 aliphatic carbocycles. The van der Waals surface area contributed by atoms with Gasteiger partial charge in [0, 0.05) is 18.0 Å². The van der Waals surface area contributed by atoms with Crippen LogP contribution in [0.4, 0.5) is 11.4 Å². The van der Waals surface area contributed by atoms with Crippen molar-refractivity contribution in [3.05, 3.63) is 23.8 Å². The number of rotatable bonds is 9. The molecule has 5 nitrogen and oxygen atoms in total. The number of ether oxygens (including phenoxy) is 2. The predicted octanol–water partition coefficient (Wildman–Crippen LogP) is 2.74. The molecule has 1 rings (SSSR count). The zero-order valence-corrected chi connectivity index (χ0v) is 13.1. The van der Waals surface area contributed by atoms with E-state index >= 15 is 0 Å². The predicted molar refractivity (Wildman–Crippen MR) is 85.4 cm³/mol. The van der Waals surface area contributed by atoms with Crippen molar-refractivity contribution in [3.63, 3.8) is 0 Å². The van der Waals surface area contributed by atoms with Gasteiger partial charge in [-0.25, -0.2) is 0 Å². The van der Waals surface area contributed by atoms with E-state index in [1.165, 1.54) is 0 Å². The molecule has 0 fully saturated rings. The minimum atomic E-state index is -0.527. The number of benzene rings is 1. The van der Waals surface area contributed by atoms with Gasteiger partial charge in [0.2, 0.25) is 0 Å². The second-order valence-electron chi connectivity index (χ2n) is 4.99. The number of amides is 1. The van der Waals surface area contributed by atoms with E-state index in [0.717, 1.165) is 30.7 Å². The number of carbonyl (C=O) groups is 1. The fraction of sp³-hybridized carbons (Fsp3) is 0.562. The monoisotopic (exact) mass is 294 g/mol. The Kier molecular flexibility index (Phi) is 7.79. The highest BCUT2D eigenvalue weighted by molar-refractivity contribution is 5.95. The molecule has 118 valence electrons. The lowest BCUT2D eigenvalue weighted by molar-refractivity contribution is -0.127. The van der Waals surface area contributed by atoms with Gasteiger partial charge in [-0.2, -0.15) is 0 Å². The summed E-state index contributed by atoms with van der Waals surface area (Å²) >= 11 is 0. The summed E-state index contributed by atoms with van der Waals surface area (Å²) in [6, 6.07) is 5.44. The number of nitrogens with one attached hydrogen (secondary N) is 1. The van der Waals surface area contributed by atoms with Crippen LogP contribution in [0.3, 0.4) is 0 Å². The Bertz CT molecular complexity index is 449. The Balaban J connectivity index is 2.32. The molecule has 1 aromatic rings. The molecule has 1 atom stereocenters. The van der Waals surface area contributed by atoms with Gasteiger partial charge in [-0.05, 0) is 38.0 Å². The first-order chi connectivity index (χ1) is 10.1. The zero-order chi connectivity index (χ0) is 15.7. The maximum absolute atomic E-state index is 12.0. The van der Waals surface area contributed by atoms with Gasteiger partial charge >= 0.3 is 0 Å². The number of nitrogen functional groups attached to an aromatic ring is 1. The molecular weight excluding hydrogens is 268 g/mol. The van der Waals surface area contributed by atoms with Crippen LogP contribution in [0.15, 0.2) is 18.2 Å². The van der Waals surface area contributed by atoms with Crippen LogP contribution in [-0.4, -0.2) is 31.8 Å². The fourth-order valence-electron chi connectivity index (χ4n) is 1.73. The normalized spacial score (nSPS) is 12.1. The molecule has 0 aliphatic heterocycles. The average Bonchev–Trinajstić information content (AvgIpc) is 2.47. The van der Waals surface area contributed by atoms with Crippen LogP contribution in [0.5, 0.6) is 0 Å². The van der Waals surface area contributed by atoms with Crippen molar-refractivity contribution < 1.29 is 14.3 Å². The lowest BCUT2D eigenvalue weighted by Crippen LogP contribution is -2.29. The molecule has 21 heavy (non-hydrogen) atoms. The van der Waals surface area contributed by atoms with Crippen molar-refractivity contribution in [1.82, 2.24) is 0 Å². The van der Waals surface area contributed by atoms with Gasteiger partial charge in [0.05, 0.1) is 13.2 Å². The number of nitrogens with two attached hydrogens (primary N) is 1. The molecule has 0 spiro atoms. The Labute approximate surface area is 126 Å². The third-order valence-corrected chi connectivity index (χ3v) is 3.24. The summed E-state index contributed by atoms with van der Waals surface area (Å²) in [6.07, 6.45) is 1.63. The van der Waals surface area contributed by atoms with Crippen LogP contribution in [0.2, 0.25) is 0 Å². The van der Waals surface area contributed by atoms with E-state index in [-0.39, 0.29) is 5.91 Å². The molecule has 0 aliphatic rings. The number of unbranched alkanes of at least 4 members (excludes halogenated alkanes) is 1. The standard InChI is InChI=1S/C16H26N2O3/c1-4-5-9-20-10-11-21-13(3)16(19)18-15-8-6-7-14(17)12(15)2/h6-8,13H,4-5,9-11,17H2,1-3H3,(H,18,19). The molecule has 0 aromatic heterocycles. The molecule has 1 aromatic carbocycles. The number of hydrogen-bond donors (Lipinski definition) is 2. The molecule has 0 saturated heterocycles. The van der Waals surface area contributed by atoms with E-state index in [2.05, 4.69) is 12.2 Å². The summed E-state index contributed by atoms with van der Waals surface area (Å²) in [5, 5.41) is 2.83. The molecule has 0 saturated carbocycles. The summed E-state index contributed by atoms with van der Waals surface area (Å²) in [5.74, 6) is -0.183. The smallest absolute Gasteiger partial charge is 0.253 e. The van der Waals surface area contributed by atoms with Gasteiger partial charge in [-0.1, -0.05) is 19.4 Å². The quantitative estimate of drug-likeness (QED) is 0.542. The maximum Gasteiger partial charge on any atom is 0.253 e. The first-order valence-corrected chi connectivity index (χ1v) is 7.41. The summed E-state index contributed by atoms with van der Waals surface area (Å²) < 4.78 is 10.8. The van der Waals surface area contributed by atoms with Crippen molar-refractivity contribution in [1.29, 1.82) is 0 Å². The van der Waals surface area contributed by atoms with Crippen molar-refractivity contribution in [3.8, 4) is 0 Å².